The van der Waals surface area contributed by atoms with Gasteiger partial charge in [0.2, 0.25) is 5.91 Å². The van der Waals surface area contributed by atoms with Crippen LogP contribution in [-0.2, 0) is 4.79 Å². The van der Waals surface area contributed by atoms with Gasteiger partial charge >= 0.3 is 0 Å². The molecule has 0 radical (unpaired) electrons. The van der Waals surface area contributed by atoms with Crippen molar-refractivity contribution in [2.75, 3.05) is 5.32 Å². The van der Waals surface area contributed by atoms with Crippen LogP contribution in [0.4, 0.5) is 5.82 Å². The summed E-state index contributed by atoms with van der Waals surface area (Å²) in [5.74, 6) is 0.156. The molecule has 3 rings (SSSR count). The Hall–Kier alpha value is -1.24. The van der Waals surface area contributed by atoms with E-state index in [9.17, 15) is 4.79 Å². The molecule has 2 aromatic rings. The van der Waals surface area contributed by atoms with E-state index >= 15 is 0 Å². The van der Waals surface area contributed by atoms with Gasteiger partial charge < -0.3 is 9.88 Å². The molecule has 5 nitrogen and oxygen atoms in total. The second kappa shape index (κ2) is 8.19. The highest BCUT2D eigenvalue weighted by molar-refractivity contribution is 8.00. The number of hydrogen-bond acceptors (Lipinski definition) is 4. The first kappa shape index (κ1) is 19.5. The Kier molecular flexibility index (Phi) is 6.15. The van der Waals surface area contributed by atoms with Crippen LogP contribution in [0.25, 0.3) is 0 Å². The molecule has 2 aromatic heterocycles. The van der Waals surface area contributed by atoms with Crippen molar-refractivity contribution in [2.24, 2.45) is 0 Å². The minimum atomic E-state index is -0.329. The molecule has 0 aromatic carbocycles. The van der Waals surface area contributed by atoms with Crippen molar-refractivity contribution in [1.82, 2.24) is 14.5 Å². The normalized spacial score (nSPS) is 16.0. The lowest BCUT2D eigenvalue weighted by Gasteiger charge is -2.18. The van der Waals surface area contributed by atoms with Crippen LogP contribution in [0.1, 0.15) is 50.0 Å². The van der Waals surface area contributed by atoms with E-state index in [0.29, 0.717) is 21.9 Å². The van der Waals surface area contributed by atoms with Crippen molar-refractivity contribution in [1.29, 1.82) is 0 Å². The zero-order valence-corrected chi connectivity index (χ0v) is 17.4. The molecule has 1 aliphatic carbocycles. The number of aryl methyl sites for hydroxylation is 1. The van der Waals surface area contributed by atoms with Crippen LogP contribution in [0, 0.1) is 13.8 Å². The van der Waals surface area contributed by atoms with E-state index in [1.165, 1.54) is 49.3 Å². The Morgan fingerprint density at radius 2 is 2.04 bits per heavy atom. The monoisotopic (exact) mass is 412 g/mol. The van der Waals surface area contributed by atoms with Gasteiger partial charge in [0.05, 0.1) is 21.0 Å². The van der Waals surface area contributed by atoms with E-state index < -0.39 is 0 Å². The molecule has 0 spiro atoms. The summed E-state index contributed by atoms with van der Waals surface area (Å²) in [7, 11) is 0. The average molecular weight is 413 g/mol. The number of imidazole rings is 1. The maximum Gasteiger partial charge on any atom is 0.238 e. The molecule has 26 heavy (non-hydrogen) atoms. The molecule has 0 aliphatic heterocycles. The molecule has 1 atom stereocenters. The minimum absolute atomic E-state index is 0.164. The second-order valence-electron chi connectivity index (χ2n) is 6.61. The third-order valence-electron chi connectivity index (χ3n) is 4.75. The Balaban J connectivity index is 1.74. The smallest absolute Gasteiger partial charge is 0.238 e. The number of carbonyl (C=O) groups excluding carboxylic acids is 1. The van der Waals surface area contributed by atoms with Gasteiger partial charge in [-0.2, -0.15) is 0 Å². The lowest BCUT2D eigenvalue weighted by molar-refractivity contribution is -0.115. The Morgan fingerprint density at radius 1 is 1.35 bits per heavy atom. The summed E-state index contributed by atoms with van der Waals surface area (Å²) in [4.78, 5) is 21.4. The molecule has 0 bridgehead atoms. The van der Waals surface area contributed by atoms with Gasteiger partial charge in [-0.25, -0.2) is 9.97 Å². The average Bonchev–Trinajstić information content (AvgIpc) is 3.19. The third-order valence-corrected chi connectivity index (χ3v) is 6.31. The van der Waals surface area contributed by atoms with Crippen molar-refractivity contribution in [3.8, 4) is 0 Å². The van der Waals surface area contributed by atoms with Crippen LogP contribution >= 0.6 is 35.0 Å². The van der Waals surface area contributed by atoms with Gasteiger partial charge in [-0.15, -0.1) is 0 Å². The standard InChI is InChI=1S/C18H22Cl2N4OS/c1-10-11(2)24(14-6-4-5-7-14)18(22-10)26-12(3)17(25)23-16-15(20)8-13(19)9-21-16/h8-9,12,14H,4-7H2,1-3H3,(H,21,23,25). The number of pyridine rings is 1. The highest BCUT2D eigenvalue weighted by Gasteiger charge is 2.26. The summed E-state index contributed by atoms with van der Waals surface area (Å²) in [6.45, 7) is 5.99. The number of nitrogens with zero attached hydrogens (tertiary/aromatic N) is 3. The van der Waals surface area contributed by atoms with Crippen LogP contribution in [-0.4, -0.2) is 25.7 Å². The van der Waals surface area contributed by atoms with E-state index in [1.807, 2.05) is 13.8 Å². The Labute approximate surface area is 167 Å². The summed E-state index contributed by atoms with van der Waals surface area (Å²) < 4.78 is 2.31. The maximum absolute atomic E-state index is 12.6. The van der Waals surface area contributed by atoms with E-state index in [1.54, 1.807) is 6.07 Å². The predicted octanol–water partition coefficient (Wildman–Crippen LogP) is 5.44. The number of thioether (sulfide) groups is 1. The zero-order chi connectivity index (χ0) is 18.8. The predicted molar refractivity (Wildman–Crippen MR) is 107 cm³/mol. The first-order valence-electron chi connectivity index (χ1n) is 8.70. The Morgan fingerprint density at radius 3 is 2.69 bits per heavy atom. The fourth-order valence-corrected chi connectivity index (χ4v) is 4.71. The van der Waals surface area contributed by atoms with Gasteiger partial charge in [-0.05, 0) is 39.7 Å². The summed E-state index contributed by atoms with van der Waals surface area (Å²) in [5, 5.41) is 4.10. The zero-order valence-electron chi connectivity index (χ0n) is 15.1. The van der Waals surface area contributed by atoms with Gasteiger partial charge in [0.15, 0.2) is 11.0 Å². The summed E-state index contributed by atoms with van der Waals surface area (Å²) in [5.41, 5.74) is 2.21. The van der Waals surface area contributed by atoms with E-state index in [4.69, 9.17) is 28.2 Å². The van der Waals surface area contributed by atoms with E-state index in [2.05, 4.69) is 21.8 Å². The molecule has 2 heterocycles. The van der Waals surface area contributed by atoms with Gasteiger partial charge in [-0.1, -0.05) is 47.8 Å². The molecule has 1 unspecified atom stereocenters. The third kappa shape index (κ3) is 4.18. The number of amides is 1. The highest BCUT2D eigenvalue weighted by atomic mass is 35.5. The summed E-state index contributed by atoms with van der Waals surface area (Å²) in [6.07, 6.45) is 6.31. The fourth-order valence-electron chi connectivity index (χ4n) is 3.21. The molecular weight excluding hydrogens is 391 g/mol. The summed E-state index contributed by atoms with van der Waals surface area (Å²) >= 11 is 13.4. The number of anilines is 1. The highest BCUT2D eigenvalue weighted by Crippen LogP contribution is 2.36. The molecule has 140 valence electrons. The minimum Gasteiger partial charge on any atom is -0.320 e. The van der Waals surface area contributed by atoms with Crippen molar-refractivity contribution in [3.05, 3.63) is 33.7 Å². The number of nitrogens with one attached hydrogen (secondary N) is 1. The van der Waals surface area contributed by atoms with Crippen molar-refractivity contribution in [2.45, 2.75) is 62.9 Å². The van der Waals surface area contributed by atoms with Crippen LogP contribution in [0.5, 0.6) is 0 Å². The molecule has 8 heteroatoms. The number of hydrogen-bond donors (Lipinski definition) is 1. The SMILES string of the molecule is Cc1nc(SC(C)C(=O)Nc2ncc(Cl)cc2Cl)n(C2CCCC2)c1C. The van der Waals surface area contributed by atoms with Gasteiger partial charge in [0.1, 0.15) is 0 Å². The quantitative estimate of drug-likeness (QED) is 0.664. The van der Waals surface area contributed by atoms with Crippen LogP contribution < -0.4 is 5.32 Å². The molecular formula is C18H22Cl2N4OS. The van der Waals surface area contributed by atoms with Crippen LogP contribution in [0.3, 0.4) is 0 Å². The molecule has 1 saturated carbocycles. The molecule has 1 aliphatic rings. The van der Waals surface area contributed by atoms with Gasteiger partial charge in [-0.3, -0.25) is 4.79 Å². The van der Waals surface area contributed by atoms with Gasteiger partial charge in [0.25, 0.3) is 0 Å². The second-order valence-corrected chi connectivity index (χ2v) is 8.76. The number of aromatic nitrogens is 3. The van der Waals surface area contributed by atoms with E-state index in [0.717, 1.165) is 10.9 Å². The number of halogens is 2. The molecule has 1 amide bonds. The molecule has 0 saturated heterocycles. The summed E-state index contributed by atoms with van der Waals surface area (Å²) in [6, 6.07) is 2.05. The molecule has 1 fully saturated rings. The van der Waals surface area contributed by atoms with Crippen molar-refractivity contribution >= 4 is 46.7 Å². The number of rotatable bonds is 5. The van der Waals surface area contributed by atoms with Crippen molar-refractivity contribution < 1.29 is 4.79 Å². The van der Waals surface area contributed by atoms with Gasteiger partial charge in [0, 0.05) is 17.9 Å². The lowest BCUT2D eigenvalue weighted by Crippen LogP contribution is -2.24. The van der Waals surface area contributed by atoms with Crippen LogP contribution in [0.2, 0.25) is 10.0 Å². The van der Waals surface area contributed by atoms with Crippen LogP contribution in [0.15, 0.2) is 17.4 Å². The number of carbonyl (C=O) groups is 1. The van der Waals surface area contributed by atoms with Crippen molar-refractivity contribution in [3.63, 3.8) is 0 Å². The largest absolute Gasteiger partial charge is 0.320 e. The molecule has 1 N–H and O–H groups in total. The Bertz CT molecular complexity index is 818. The topological polar surface area (TPSA) is 59.8 Å². The first-order chi connectivity index (χ1) is 12.4. The lowest BCUT2D eigenvalue weighted by atomic mass is 10.2. The fraction of sp³-hybridized carbons (Fsp3) is 0.500. The maximum atomic E-state index is 12.6. The van der Waals surface area contributed by atoms with E-state index in [-0.39, 0.29) is 11.2 Å². The first-order valence-corrected chi connectivity index (χ1v) is 10.3.